The van der Waals surface area contributed by atoms with E-state index in [1.807, 2.05) is 48.5 Å². The Labute approximate surface area is 234 Å². The minimum atomic E-state index is -0.721. The van der Waals surface area contributed by atoms with E-state index in [-0.39, 0.29) is 29.1 Å². The molecule has 3 aromatic carbocycles. The lowest BCUT2D eigenvalue weighted by molar-refractivity contribution is -0.122. The predicted octanol–water partition coefficient (Wildman–Crippen LogP) is 5.11. The Morgan fingerprint density at radius 3 is 2.21 bits per heavy atom. The molecule has 190 valence electrons. The monoisotopic (exact) mass is 605 g/mol. The number of anilines is 2. The van der Waals surface area contributed by atoms with E-state index < -0.39 is 17.1 Å². The number of carbonyl (C=O) groups excluding carboxylic acids is 3. The van der Waals surface area contributed by atoms with Gasteiger partial charge < -0.3 is 5.32 Å². The lowest BCUT2D eigenvalue weighted by Crippen LogP contribution is -2.33. The fourth-order valence-corrected chi connectivity index (χ4v) is 8.02. The number of thiazole rings is 1. The lowest BCUT2D eigenvalue weighted by atomic mass is 9.83. The summed E-state index contributed by atoms with van der Waals surface area (Å²) in [7, 11) is 0. The van der Waals surface area contributed by atoms with Gasteiger partial charge in [0.2, 0.25) is 17.7 Å². The van der Waals surface area contributed by atoms with Crippen molar-refractivity contribution in [2.24, 2.45) is 5.92 Å². The van der Waals surface area contributed by atoms with Crippen LogP contribution in [0.4, 0.5) is 11.4 Å². The molecule has 0 bridgehead atoms. The Morgan fingerprint density at radius 1 is 0.868 bits per heavy atom. The molecule has 2 unspecified atom stereocenters. The lowest BCUT2D eigenvalue weighted by Gasteiger charge is -2.30. The minimum absolute atomic E-state index is 0.190. The summed E-state index contributed by atoms with van der Waals surface area (Å²) in [4.78, 5) is 55.3. The van der Waals surface area contributed by atoms with E-state index in [4.69, 9.17) is 0 Å². The molecule has 2 aliphatic rings. The maximum atomic E-state index is 13.8. The third-order valence-corrected chi connectivity index (χ3v) is 9.78. The van der Waals surface area contributed by atoms with E-state index in [0.29, 0.717) is 21.3 Å². The number of thioether (sulfide) groups is 1. The topological polar surface area (TPSA) is 88.5 Å². The number of nitrogens with zero attached hydrogens (tertiary/aromatic N) is 2. The van der Waals surface area contributed by atoms with Crippen molar-refractivity contribution in [3.05, 3.63) is 110 Å². The van der Waals surface area contributed by atoms with Crippen LogP contribution in [0.2, 0.25) is 0 Å². The van der Waals surface area contributed by atoms with E-state index in [0.717, 1.165) is 21.4 Å². The molecule has 38 heavy (non-hydrogen) atoms. The number of hydrogen-bond donors (Lipinski definition) is 1. The van der Waals surface area contributed by atoms with Gasteiger partial charge >= 0.3 is 4.87 Å². The summed E-state index contributed by atoms with van der Waals surface area (Å²) in [6.07, 6.45) is 0. The molecule has 0 radical (unpaired) electrons. The second-order valence-corrected chi connectivity index (χ2v) is 12.0. The molecule has 0 aliphatic carbocycles. The molecule has 0 saturated carbocycles. The smallest absolute Gasteiger partial charge is 0.308 e. The molecule has 2 aliphatic heterocycles. The second-order valence-electron chi connectivity index (χ2n) is 8.98. The van der Waals surface area contributed by atoms with Crippen LogP contribution in [0.3, 0.4) is 0 Å². The van der Waals surface area contributed by atoms with Crippen LogP contribution in [0.15, 0.2) is 99.2 Å². The van der Waals surface area contributed by atoms with Gasteiger partial charge in [-0.2, -0.15) is 0 Å². The Balaban J connectivity index is 1.41. The predicted molar refractivity (Wildman–Crippen MR) is 152 cm³/mol. The summed E-state index contributed by atoms with van der Waals surface area (Å²) in [5.74, 6) is -2.11. The molecule has 1 saturated heterocycles. The zero-order valence-electron chi connectivity index (χ0n) is 19.7. The molecule has 1 aromatic heterocycles. The number of imide groups is 1. The highest BCUT2D eigenvalue weighted by molar-refractivity contribution is 9.10. The van der Waals surface area contributed by atoms with Gasteiger partial charge in [-0.25, -0.2) is 4.90 Å². The van der Waals surface area contributed by atoms with Crippen LogP contribution < -0.4 is 15.1 Å². The van der Waals surface area contributed by atoms with E-state index in [1.54, 1.807) is 36.4 Å². The third-order valence-electron chi connectivity index (χ3n) is 6.65. The summed E-state index contributed by atoms with van der Waals surface area (Å²) in [5.41, 5.74) is 1.99. The van der Waals surface area contributed by atoms with Gasteiger partial charge in [-0.05, 0) is 42.0 Å². The molecular weight excluding hydrogens is 586 g/mol. The van der Waals surface area contributed by atoms with Crippen LogP contribution in [0.25, 0.3) is 0 Å². The van der Waals surface area contributed by atoms with E-state index in [9.17, 15) is 19.2 Å². The zero-order valence-corrected chi connectivity index (χ0v) is 23.0. The third kappa shape index (κ3) is 4.32. The van der Waals surface area contributed by atoms with Gasteiger partial charge in [0.15, 0.2) is 0 Å². The van der Waals surface area contributed by atoms with Crippen molar-refractivity contribution >= 4 is 68.1 Å². The number of fused-ring (bicyclic) bond motifs is 2. The van der Waals surface area contributed by atoms with Crippen molar-refractivity contribution in [1.82, 2.24) is 4.57 Å². The van der Waals surface area contributed by atoms with Crippen molar-refractivity contribution in [2.75, 3.05) is 10.2 Å². The number of amides is 3. The van der Waals surface area contributed by atoms with Gasteiger partial charge in [0, 0.05) is 21.0 Å². The molecule has 4 aromatic rings. The van der Waals surface area contributed by atoms with E-state index >= 15 is 0 Å². The molecule has 1 fully saturated rings. The van der Waals surface area contributed by atoms with Crippen LogP contribution in [0.1, 0.15) is 16.4 Å². The first kappa shape index (κ1) is 24.8. The highest BCUT2D eigenvalue weighted by Crippen LogP contribution is 2.53. The molecule has 10 heteroatoms. The molecular formula is C28H20BrN3O4S2. The summed E-state index contributed by atoms with van der Waals surface area (Å²) in [6, 6.07) is 25.6. The first-order valence-corrected chi connectivity index (χ1v) is 14.3. The average Bonchev–Trinajstić information content (AvgIpc) is 3.36. The summed E-state index contributed by atoms with van der Waals surface area (Å²) >= 11 is 5.64. The molecule has 7 nitrogen and oxygen atoms in total. The number of aromatic nitrogens is 1. The van der Waals surface area contributed by atoms with Crippen LogP contribution in [-0.2, 0) is 20.9 Å². The number of carbonyl (C=O) groups is 3. The van der Waals surface area contributed by atoms with Crippen molar-refractivity contribution in [3.63, 3.8) is 0 Å². The highest BCUT2D eigenvalue weighted by Gasteiger charge is 2.56. The Kier molecular flexibility index (Phi) is 6.55. The molecule has 1 N–H and O–H groups in total. The van der Waals surface area contributed by atoms with Crippen molar-refractivity contribution < 1.29 is 14.4 Å². The van der Waals surface area contributed by atoms with Gasteiger partial charge in [-0.1, -0.05) is 87.6 Å². The van der Waals surface area contributed by atoms with Gasteiger partial charge in [-0.15, -0.1) is 0 Å². The average molecular weight is 607 g/mol. The van der Waals surface area contributed by atoms with Crippen LogP contribution in [-0.4, -0.2) is 27.5 Å². The number of halogens is 1. The van der Waals surface area contributed by atoms with Gasteiger partial charge in [0.25, 0.3) is 0 Å². The molecule has 6 rings (SSSR count). The first-order chi connectivity index (χ1) is 18.4. The first-order valence-electron chi connectivity index (χ1n) is 11.9. The summed E-state index contributed by atoms with van der Waals surface area (Å²) < 4.78 is 2.27. The Bertz CT molecular complexity index is 1600. The second kappa shape index (κ2) is 10.0. The number of rotatable bonds is 5. The van der Waals surface area contributed by atoms with Gasteiger partial charge in [0.05, 0.1) is 16.6 Å². The van der Waals surface area contributed by atoms with E-state index in [1.165, 1.54) is 21.2 Å². The number of benzene rings is 3. The maximum absolute atomic E-state index is 13.8. The largest absolute Gasteiger partial charge is 0.325 e. The number of hydrogen-bond acceptors (Lipinski definition) is 6. The SMILES string of the molecule is O=C(Cn1c2c(sc1=O)[C@H](c1ccccc1)C1C(=O)N(c3ccc(Br)cc3)C(=O)C1S2)Nc1ccccc1. The normalized spacial score (nSPS) is 20.2. The van der Waals surface area contributed by atoms with Crippen molar-refractivity contribution in [1.29, 1.82) is 0 Å². The molecule has 3 heterocycles. The van der Waals surface area contributed by atoms with Crippen molar-refractivity contribution in [3.8, 4) is 0 Å². The number of para-hydroxylation sites is 1. The summed E-state index contributed by atoms with van der Waals surface area (Å²) in [5, 5.41) is 2.66. The zero-order chi connectivity index (χ0) is 26.4. The van der Waals surface area contributed by atoms with Gasteiger partial charge in [-0.3, -0.25) is 23.7 Å². The maximum Gasteiger partial charge on any atom is 0.308 e. The molecule has 3 amide bonds. The fraction of sp³-hybridized carbons (Fsp3) is 0.143. The van der Waals surface area contributed by atoms with Crippen LogP contribution in [0.5, 0.6) is 0 Å². The highest BCUT2D eigenvalue weighted by atomic mass is 79.9. The number of nitrogens with one attached hydrogen (secondary N) is 1. The van der Waals surface area contributed by atoms with Crippen LogP contribution in [0, 0.1) is 5.92 Å². The minimum Gasteiger partial charge on any atom is -0.325 e. The Morgan fingerprint density at radius 2 is 1.53 bits per heavy atom. The fourth-order valence-electron chi connectivity index (χ4n) is 4.99. The standard InChI is InChI=1S/C28H20BrN3O4S2/c29-17-11-13-19(14-12-17)32-25(34)22-21(16-7-3-1-4-8-16)24-27(37-23(22)26(32)35)31(28(36)38-24)15-20(33)30-18-9-5-2-6-10-18/h1-14,21-23H,15H2,(H,30,33)/t21-,22?,23?/m1/s1. The van der Waals surface area contributed by atoms with E-state index in [2.05, 4.69) is 21.2 Å². The quantitative estimate of drug-likeness (QED) is 0.319. The molecule has 3 atom stereocenters. The van der Waals surface area contributed by atoms with Crippen LogP contribution >= 0.6 is 39.0 Å². The Hall–Kier alpha value is -3.47. The van der Waals surface area contributed by atoms with Gasteiger partial charge in [0.1, 0.15) is 11.8 Å². The van der Waals surface area contributed by atoms with Crippen molar-refractivity contribution in [2.45, 2.75) is 22.7 Å². The molecule has 0 spiro atoms. The summed E-state index contributed by atoms with van der Waals surface area (Å²) in [6.45, 7) is -0.190.